The average Bonchev–Trinajstić information content (AvgIpc) is 2.37. The van der Waals surface area contributed by atoms with Crippen molar-refractivity contribution in [2.75, 3.05) is 0 Å². The van der Waals surface area contributed by atoms with Crippen LogP contribution in [0.15, 0.2) is 35.9 Å². The zero-order valence-corrected chi connectivity index (χ0v) is 10.6. The third kappa shape index (κ3) is 20.7. The predicted octanol–water partition coefficient (Wildman–Crippen LogP) is 2.99. The van der Waals surface area contributed by atoms with Crippen LogP contribution < -0.4 is 0 Å². The van der Waals surface area contributed by atoms with Crippen LogP contribution in [0.3, 0.4) is 0 Å². The molecule has 0 unspecified atom stereocenters. The van der Waals surface area contributed by atoms with Gasteiger partial charge >= 0.3 is 33.9 Å². The second-order valence-corrected chi connectivity index (χ2v) is 2.63. The molecule has 0 saturated heterocycles. The topological polar surface area (TPSA) is 59.7 Å². The first kappa shape index (κ1) is 24.8. The van der Waals surface area contributed by atoms with Crippen molar-refractivity contribution >= 4 is 6.08 Å². The van der Waals surface area contributed by atoms with E-state index < -0.39 is 0 Å². The van der Waals surface area contributed by atoms with Gasteiger partial charge in [0.25, 0.3) is 0 Å². The molecule has 3 nitrogen and oxygen atoms in total. The molecule has 4 heteroatoms. The Kier molecular flexibility index (Phi) is 35.1. The molecule has 0 saturated carbocycles. The standard InChI is InChI=1S/C10H12.3CO.Fe/c1-9(2)8-10-6-4-3-5-7-10;3*1-2;/h3-8H,1-2H3;;;;. The van der Waals surface area contributed by atoms with Crippen molar-refractivity contribution in [3.05, 3.63) is 61.4 Å². The molecular formula is C13H12FeO3. The number of rotatable bonds is 1. The van der Waals surface area contributed by atoms with Crippen LogP contribution in [0, 0.1) is 20.0 Å². The van der Waals surface area contributed by atoms with Crippen LogP contribution in [-0.4, -0.2) is 0 Å². The molecule has 0 aliphatic heterocycles. The Labute approximate surface area is 113 Å². The molecular weight excluding hydrogens is 260 g/mol. The minimum absolute atomic E-state index is 0. The van der Waals surface area contributed by atoms with E-state index in [0.29, 0.717) is 0 Å². The Morgan fingerprint density at radius 2 is 1.24 bits per heavy atom. The van der Waals surface area contributed by atoms with Gasteiger partial charge in [-0.2, -0.15) is 0 Å². The normalized spacial score (nSPS) is 5.65. The first-order chi connectivity index (χ1) is 7.79. The van der Waals surface area contributed by atoms with Gasteiger partial charge in [0.05, 0.1) is 0 Å². The summed E-state index contributed by atoms with van der Waals surface area (Å²) in [6.45, 7) is 17.7. The molecule has 0 spiro atoms. The molecule has 0 atom stereocenters. The van der Waals surface area contributed by atoms with Crippen LogP contribution in [0.2, 0.25) is 0 Å². The van der Waals surface area contributed by atoms with E-state index in [0.717, 1.165) is 0 Å². The van der Waals surface area contributed by atoms with Crippen molar-refractivity contribution in [3.8, 4) is 0 Å². The van der Waals surface area contributed by atoms with Gasteiger partial charge in [0.2, 0.25) is 0 Å². The van der Waals surface area contributed by atoms with Crippen molar-refractivity contribution in [1.82, 2.24) is 0 Å². The van der Waals surface area contributed by atoms with Gasteiger partial charge in [0.1, 0.15) is 0 Å². The molecule has 1 aromatic carbocycles. The van der Waals surface area contributed by atoms with Crippen LogP contribution in [-0.2, 0) is 31.0 Å². The van der Waals surface area contributed by atoms with E-state index in [1.165, 1.54) is 11.1 Å². The minimum Gasteiger partial charge on any atom is 0 e. The summed E-state index contributed by atoms with van der Waals surface area (Å²) in [4.78, 5) is 0. The molecule has 0 aliphatic carbocycles. The van der Waals surface area contributed by atoms with Crippen molar-refractivity contribution in [1.29, 1.82) is 0 Å². The van der Waals surface area contributed by atoms with Crippen molar-refractivity contribution in [3.63, 3.8) is 0 Å². The summed E-state index contributed by atoms with van der Waals surface area (Å²) >= 11 is 0. The van der Waals surface area contributed by atoms with Crippen LogP contribution >= 0.6 is 0 Å². The molecule has 0 heterocycles. The van der Waals surface area contributed by atoms with Gasteiger partial charge < -0.3 is 0 Å². The molecule has 0 aliphatic rings. The smallest absolute Gasteiger partial charge is 0 e. The first-order valence-corrected chi connectivity index (χ1v) is 4.10. The number of benzene rings is 1. The quantitative estimate of drug-likeness (QED) is 0.428. The monoisotopic (exact) mass is 272 g/mol. The predicted molar refractivity (Wildman–Crippen MR) is 57.6 cm³/mol. The number of hydrogen-bond donors (Lipinski definition) is 0. The summed E-state index contributed by atoms with van der Waals surface area (Å²) in [6, 6.07) is 10.3. The fourth-order valence-electron chi connectivity index (χ4n) is 0.883. The second kappa shape index (κ2) is 24.1. The molecule has 90 valence electrons. The van der Waals surface area contributed by atoms with Crippen molar-refractivity contribution in [2.45, 2.75) is 13.8 Å². The summed E-state index contributed by atoms with van der Waals surface area (Å²) in [5.74, 6) is 0. The maximum atomic E-state index is 7.50. The van der Waals surface area contributed by atoms with Gasteiger partial charge in [-0.05, 0) is 19.4 Å². The first-order valence-electron chi connectivity index (χ1n) is 4.10. The molecule has 0 aromatic heterocycles. The zero-order chi connectivity index (χ0) is 13.4. The number of hydrogen-bond acceptors (Lipinski definition) is 0. The van der Waals surface area contributed by atoms with Gasteiger partial charge in [-0.1, -0.05) is 42.0 Å². The Morgan fingerprint density at radius 3 is 1.53 bits per heavy atom. The SMILES string of the molecule is CC(C)=Cc1ccccc1.[C-]#[O+].[C-]#[O+].[C-]#[O+].[Fe]. The summed E-state index contributed by atoms with van der Waals surface area (Å²) in [5, 5.41) is 0. The van der Waals surface area contributed by atoms with E-state index in [-0.39, 0.29) is 17.1 Å². The third-order valence-corrected chi connectivity index (χ3v) is 1.25. The molecule has 1 aromatic rings. The molecule has 0 radical (unpaired) electrons. The minimum atomic E-state index is 0. The number of allylic oxidation sites excluding steroid dienone is 1. The Bertz CT molecular complexity index is 318. The van der Waals surface area contributed by atoms with Crippen LogP contribution in [0.25, 0.3) is 6.08 Å². The van der Waals surface area contributed by atoms with E-state index in [9.17, 15) is 0 Å². The van der Waals surface area contributed by atoms with E-state index in [4.69, 9.17) is 14.0 Å². The van der Waals surface area contributed by atoms with Gasteiger partial charge in [0.15, 0.2) is 0 Å². The Balaban J connectivity index is -0.000000106. The fraction of sp³-hybridized carbons (Fsp3) is 0.154. The molecule has 0 fully saturated rings. The third-order valence-electron chi connectivity index (χ3n) is 1.25. The van der Waals surface area contributed by atoms with Crippen molar-refractivity contribution in [2.24, 2.45) is 0 Å². The molecule has 0 bridgehead atoms. The van der Waals surface area contributed by atoms with Crippen molar-refractivity contribution < 1.29 is 31.0 Å². The van der Waals surface area contributed by atoms with Gasteiger partial charge in [-0.3, -0.25) is 0 Å². The molecule has 0 N–H and O–H groups in total. The van der Waals surface area contributed by atoms with Crippen LogP contribution in [0.1, 0.15) is 19.4 Å². The van der Waals surface area contributed by atoms with E-state index in [1.54, 1.807) is 0 Å². The van der Waals surface area contributed by atoms with Gasteiger partial charge in [-0.15, -0.1) is 0 Å². The molecule has 1 rings (SSSR count). The largest absolute Gasteiger partial charge is 0 e. The van der Waals surface area contributed by atoms with E-state index >= 15 is 0 Å². The average molecular weight is 272 g/mol. The van der Waals surface area contributed by atoms with Crippen LogP contribution in [0.4, 0.5) is 0 Å². The van der Waals surface area contributed by atoms with Gasteiger partial charge in [0, 0.05) is 17.1 Å². The fourth-order valence-corrected chi connectivity index (χ4v) is 0.883. The van der Waals surface area contributed by atoms with E-state index in [2.05, 4.69) is 64.1 Å². The maximum Gasteiger partial charge on any atom is 0 e. The van der Waals surface area contributed by atoms with Gasteiger partial charge in [-0.25, -0.2) is 0 Å². The summed E-state index contributed by atoms with van der Waals surface area (Å²) in [5.41, 5.74) is 2.62. The van der Waals surface area contributed by atoms with E-state index in [1.807, 2.05) is 6.07 Å². The Morgan fingerprint density at radius 1 is 0.882 bits per heavy atom. The molecule has 0 amide bonds. The Hall–Kier alpha value is -1.30. The summed E-state index contributed by atoms with van der Waals surface area (Å²) in [7, 11) is 0. The summed E-state index contributed by atoms with van der Waals surface area (Å²) < 4.78 is 22.5. The maximum absolute atomic E-state index is 7.50. The second-order valence-electron chi connectivity index (χ2n) is 2.63. The summed E-state index contributed by atoms with van der Waals surface area (Å²) in [6.07, 6.45) is 2.17. The zero-order valence-electron chi connectivity index (χ0n) is 9.54. The molecule has 17 heavy (non-hydrogen) atoms. The van der Waals surface area contributed by atoms with Crippen LogP contribution in [0.5, 0.6) is 0 Å².